The Hall–Kier alpha value is -1.82. The number of thioether (sulfide) groups is 1. The van der Waals surface area contributed by atoms with Gasteiger partial charge in [-0.15, -0.1) is 10.2 Å². The normalized spacial score (nSPS) is 14.2. The largest absolute Gasteiger partial charge is 0.416 e. The SMILES string of the molecule is Cc1ccc(NC(=O)CSc2nnc(C3CC3)o2)c(C)c1. The Bertz CT molecular complexity index is 665. The highest BCUT2D eigenvalue weighted by Gasteiger charge is 2.29. The van der Waals surface area contributed by atoms with E-state index in [4.69, 9.17) is 4.42 Å². The van der Waals surface area contributed by atoms with Gasteiger partial charge in [0.25, 0.3) is 5.22 Å². The number of hydrogen-bond acceptors (Lipinski definition) is 5. The lowest BCUT2D eigenvalue weighted by Gasteiger charge is -2.08. The van der Waals surface area contributed by atoms with Gasteiger partial charge in [-0.1, -0.05) is 29.5 Å². The summed E-state index contributed by atoms with van der Waals surface area (Å²) in [5, 5.41) is 11.3. The number of aromatic nitrogens is 2. The summed E-state index contributed by atoms with van der Waals surface area (Å²) in [5.74, 6) is 1.33. The van der Waals surface area contributed by atoms with Gasteiger partial charge in [-0.3, -0.25) is 4.79 Å². The van der Waals surface area contributed by atoms with Gasteiger partial charge in [0.05, 0.1) is 5.75 Å². The Balaban J connectivity index is 1.53. The number of nitrogens with one attached hydrogen (secondary N) is 1. The maximum absolute atomic E-state index is 12.0. The summed E-state index contributed by atoms with van der Waals surface area (Å²) in [4.78, 5) is 12.0. The van der Waals surface area contributed by atoms with E-state index in [0.29, 0.717) is 17.0 Å². The van der Waals surface area contributed by atoms with Crippen molar-refractivity contribution in [2.45, 2.75) is 37.8 Å². The van der Waals surface area contributed by atoms with Crippen LogP contribution in [0.1, 0.15) is 35.8 Å². The van der Waals surface area contributed by atoms with Crippen LogP contribution in [0.15, 0.2) is 27.8 Å². The van der Waals surface area contributed by atoms with Gasteiger partial charge >= 0.3 is 0 Å². The summed E-state index contributed by atoms with van der Waals surface area (Å²) in [6.45, 7) is 4.01. The molecule has 6 heteroatoms. The molecule has 1 N–H and O–H groups in total. The zero-order valence-corrected chi connectivity index (χ0v) is 12.9. The number of carbonyl (C=O) groups is 1. The van der Waals surface area contributed by atoms with E-state index in [2.05, 4.69) is 15.5 Å². The standard InChI is InChI=1S/C15H17N3O2S/c1-9-3-6-12(10(2)7-9)16-13(19)8-21-15-18-17-14(20-15)11-4-5-11/h3,6-7,11H,4-5,8H2,1-2H3,(H,16,19). The van der Waals surface area contributed by atoms with Crippen LogP contribution in [0, 0.1) is 13.8 Å². The average molecular weight is 303 g/mol. The Morgan fingerprint density at radius 2 is 2.19 bits per heavy atom. The van der Waals surface area contributed by atoms with Crippen LogP contribution >= 0.6 is 11.8 Å². The molecule has 21 heavy (non-hydrogen) atoms. The highest BCUT2D eigenvalue weighted by molar-refractivity contribution is 7.99. The Kier molecular flexibility index (Phi) is 3.96. The van der Waals surface area contributed by atoms with E-state index in [1.165, 1.54) is 17.3 Å². The second-order valence-electron chi connectivity index (χ2n) is 5.34. The second kappa shape index (κ2) is 5.89. The minimum Gasteiger partial charge on any atom is -0.416 e. The molecule has 1 amide bonds. The number of amides is 1. The molecule has 1 aromatic heterocycles. The van der Waals surface area contributed by atoms with E-state index in [1.54, 1.807) is 0 Å². The summed E-state index contributed by atoms with van der Waals surface area (Å²) in [7, 11) is 0. The highest BCUT2D eigenvalue weighted by Crippen LogP contribution is 2.39. The van der Waals surface area contributed by atoms with Gasteiger partial charge in [0.2, 0.25) is 11.8 Å². The van der Waals surface area contributed by atoms with Gasteiger partial charge in [-0.2, -0.15) is 0 Å². The van der Waals surface area contributed by atoms with Gasteiger partial charge in [0, 0.05) is 11.6 Å². The second-order valence-corrected chi connectivity index (χ2v) is 6.26. The molecule has 1 aliphatic rings. The van der Waals surface area contributed by atoms with Crippen molar-refractivity contribution in [3.05, 3.63) is 35.2 Å². The zero-order valence-electron chi connectivity index (χ0n) is 12.0. The van der Waals surface area contributed by atoms with Crippen molar-refractivity contribution in [1.82, 2.24) is 10.2 Å². The molecule has 0 saturated heterocycles. The molecular formula is C15H17N3O2S. The number of aryl methyl sites for hydroxylation is 2. The van der Waals surface area contributed by atoms with Gasteiger partial charge in [-0.25, -0.2) is 0 Å². The van der Waals surface area contributed by atoms with E-state index in [1.807, 2.05) is 32.0 Å². The van der Waals surface area contributed by atoms with Crippen LogP contribution in [0.3, 0.4) is 0 Å². The van der Waals surface area contributed by atoms with Crippen molar-refractivity contribution < 1.29 is 9.21 Å². The maximum atomic E-state index is 12.0. The van der Waals surface area contributed by atoms with Crippen molar-refractivity contribution in [3.63, 3.8) is 0 Å². The highest BCUT2D eigenvalue weighted by atomic mass is 32.2. The topological polar surface area (TPSA) is 68.0 Å². The quantitative estimate of drug-likeness (QED) is 0.858. The Morgan fingerprint density at radius 3 is 2.90 bits per heavy atom. The molecule has 1 fully saturated rings. The maximum Gasteiger partial charge on any atom is 0.277 e. The number of rotatable bonds is 5. The van der Waals surface area contributed by atoms with E-state index >= 15 is 0 Å². The van der Waals surface area contributed by atoms with Gasteiger partial charge in [0.1, 0.15) is 0 Å². The molecular weight excluding hydrogens is 286 g/mol. The van der Waals surface area contributed by atoms with Crippen LogP contribution in [-0.2, 0) is 4.79 Å². The third kappa shape index (κ3) is 3.64. The monoisotopic (exact) mass is 303 g/mol. The van der Waals surface area contributed by atoms with Crippen LogP contribution in [0.4, 0.5) is 5.69 Å². The lowest BCUT2D eigenvalue weighted by Crippen LogP contribution is -2.14. The molecule has 0 bridgehead atoms. The number of hydrogen-bond donors (Lipinski definition) is 1. The van der Waals surface area contributed by atoms with Crippen molar-refractivity contribution in [2.75, 3.05) is 11.1 Å². The van der Waals surface area contributed by atoms with Gasteiger partial charge < -0.3 is 9.73 Å². The first-order valence-corrected chi connectivity index (χ1v) is 7.93. The molecule has 0 spiro atoms. The van der Waals surface area contributed by atoms with E-state index in [9.17, 15) is 4.79 Å². The lowest BCUT2D eigenvalue weighted by atomic mass is 10.1. The van der Waals surface area contributed by atoms with Crippen molar-refractivity contribution >= 4 is 23.4 Å². The number of nitrogens with zero attached hydrogens (tertiary/aromatic N) is 2. The van der Waals surface area contributed by atoms with Gasteiger partial charge in [0.15, 0.2) is 0 Å². The predicted molar refractivity (Wildman–Crippen MR) is 81.5 cm³/mol. The van der Waals surface area contributed by atoms with Crippen LogP contribution < -0.4 is 5.32 Å². The minimum absolute atomic E-state index is 0.0712. The first kappa shape index (κ1) is 14.1. The molecule has 2 aromatic rings. The summed E-state index contributed by atoms with van der Waals surface area (Å²) in [6.07, 6.45) is 2.25. The summed E-state index contributed by atoms with van der Waals surface area (Å²) < 4.78 is 5.51. The summed E-state index contributed by atoms with van der Waals surface area (Å²) >= 11 is 1.27. The smallest absolute Gasteiger partial charge is 0.277 e. The molecule has 0 radical (unpaired) electrons. The fourth-order valence-corrected chi connectivity index (χ4v) is 2.61. The molecule has 110 valence electrons. The van der Waals surface area contributed by atoms with Crippen LogP contribution in [-0.4, -0.2) is 21.9 Å². The number of anilines is 1. The predicted octanol–water partition coefficient (Wildman–Crippen LogP) is 3.29. The third-order valence-electron chi connectivity index (χ3n) is 3.33. The molecule has 0 unspecified atom stereocenters. The fraction of sp³-hybridized carbons (Fsp3) is 0.400. The molecule has 3 rings (SSSR count). The van der Waals surface area contributed by atoms with Crippen LogP contribution in [0.25, 0.3) is 0 Å². The molecule has 1 saturated carbocycles. The third-order valence-corrected chi connectivity index (χ3v) is 4.15. The molecule has 0 atom stereocenters. The average Bonchev–Trinajstić information content (AvgIpc) is 3.19. The Labute approximate surface area is 127 Å². The summed E-state index contributed by atoms with van der Waals surface area (Å²) in [5.41, 5.74) is 3.08. The summed E-state index contributed by atoms with van der Waals surface area (Å²) in [6, 6.07) is 5.95. The van der Waals surface area contributed by atoms with Crippen molar-refractivity contribution in [1.29, 1.82) is 0 Å². The van der Waals surface area contributed by atoms with Crippen molar-refractivity contribution in [2.24, 2.45) is 0 Å². The molecule has 1 aliphatic carbocycles. The number of carbonyl (C=O) groups excluding carboxylic acids is 1. The number of benzene rings is 1. The molecule has 5 nitrogen and oxygen atoms in total. The molecule has 1 aromatic carbocycles. The molecule has 0 aliphatic heterocycles. The lowest BCUT2D eigenvalue weighted by molar-refractivity contribution is -0.113. The van der Waals surface area contributed by atoms with Crippen molar-refractivity contribution in [3.8, 4) is 0 Å². The molecule has 1 heterocycles. The first-order chi connectivity index (χ1) is 10.1. The fourth-order valence-electron chi connectivity index (χ4n) is 2.04. The van der Waals surface area contributed by atoms with E-state index in [-0.39, 0.29) is 11.7 Å². The van der Waals surface area contributed by atoms with Gasteiger partial charge in [-0.05, 0) is 38.3 Å². The van der Waals surface area contributed by atoms with E-state index < -0.39 is 0 Å². The van der Waals surface area contributed by atoms with Crippen LogP contribution in [0.5, 0.6) is 0 Å². The van der Waals surface area contributed by atoms with Crippen LogP contribution in [0.2, 0.25) is 0 Å². The Morgan fingerprint density at radius 1 is 1.38 bits per heavy atom. The first-order valence-electron chi connectivity index (χ1n) is 6.95. The van der Waals surface area contributed by atoms with E-state index in [0.717, 1.165) is 24.1 Å². The zero-order chi connectivity index (χ0) is 14.8. The minimum atomic E-state index is -0.0712.